The zero-order valence-corrected chi connectivity index (χ0v) is 22.6. The lowest BCUT2D eigenvalue weighted by molar-refractivity contribution is -0.658. The van der Waals surface area contributed by atoms with Crippen LogP contribution < -0.4 is 19.7 Å². The molecule has 0 bridgehead atoms. The van der Waals surface area contributed by atoms with Crippen LogP contribution in [0.5, 0.6) is 0 Å². The molecule has 0 N–H and O–H groups in total. The number of aryl methyl sites for hydroxylation is 4. The highest BCUT2D eigenvalue weighted by Gasteiger charge is 2.53. The molecule has 5 rings (SSSR count). The van der Waals surface area contributed by atoms with Gasteiger partial charge in [0.25, 0.3) is 5.82 Å². The predicted molar refractivity (Wildman–Crippen MR) is 159 cm³/mol. The number of anilines is 4. The Morgan fingerprint density at radius 2 is 1.41 bits per heavy atom. The Labute approximate surface area is 231 Å². The van der Waals surface area contributed by atoms with Crippen molar-refractivity contribution in [2.45, 2.75) is 60.2 Å². The Morgan fingerprint density at radius 3 is 2.03 bits per heavy atom. The van der Waals surface area contributed by atoms with Crippen molar-refractivity contribution in [1.29, 1.82) is 0 Å². The van der Waals surface area contributed by atoms with E-state index in [1.807, 2.05) is 24.3 Å². The summed E-state index contributed by atoms with van der Waals surface area (Å²) in [7, 11) is 1.80. The first-order valence-corrected chi connectivity index (χ1v) is 13.0. The van der Waals surface area contributed by atoms with E-state index in [1.165, 1.54) is 22.8 Å². The first kappa shape index (κ1) is 18.7. The highest BCUT2D eigenvalue weighted by atomic mass is 15.3. The zero-order chi connectivity index (χ0) is 31.4. The van der Waals surface area contributed by atoms with Gasteiger partial charge in [0.05, 0.1) is 18.9 Å². The minimum Gasteiger partial charge on any atom is -0.336 e. The molecule has 0 aliphatic carbocycles. The van der Waals surface area contributed by atoms with E-state index in [1.54, 1.807) is 17.7 Å². The molecule has 2 heterocycles. The van der Waals surface area contributed by atoms with Crippen molar-refractivity contribution >= 4 is 35.3 Å². The molecule has 0 saturated heterocycles. The Morgan fingerprint density at radius 1 is 0.757 bits per heavy atom. The predicted octanol–water partition coefficient (Wildman–Crippen LogP) is 7.37. The summed E-state index contributed by atoms with van der Waals surface area (Å²) in [5.41, 5.74) is 7.27. The van der Waals surface area contributed by atoms with Gasteiger partial charge >= 0.3 is 6.98 Å². The molecular formula is C33H39BN3+. The van der Waals surface area contributed by atoms with Crippen molar-refractivity contribution in [1.82, 2.24) is 0 Å². The number of para-hydroxylation sites is 2. The van der Waals surface area contributed by atoms with Gasteiger partial charge in [-0.15, -0.1) is 0 Å². The van der Waals surface area contributed by atoms with Gasteiger partial charge < -0.3 is 4.81 Å². The number of aromatic nitrogens is 1. The first-order chi connectivity index (χ1) is 20.1. The van der Waals surface area contributed by atoms with Gasteiger partial charge in [-0.3, -0.25) is 4.81 Å². The summed E-state index contributed by atoms with van der Waals surface area (Å²) in [5, 5.41) is 0. The molecule has 188 valence electrons. The number of benzene rings is 3. The molecule has 0 amide bonds. The normalized spacial score (nSPS) is 16.3. The van der Waals surface area contributed by atoms with Gasteiger partial charge in [-0.25, -0.2) is 4.57 Å². The van der Waals surface area contributed by atoms with Crippen molar-refractivity contribution in [3.05, 3.63) is 107 Å². The van der Waals surface area contributed by atoms with Gasteiger partial charge in [0.1, 0.15) is 5.69 Å². The van der Waals surface area contributed by atoms with Crippen molar-refractivity contribution in [2.75, 3.05) is 9.62 Å². The number of fused-ring (bicyclic) bond motifs is 1. The SMILES string of the molecule is [2H]C([2H])([2H])c1cc(N2B(c3c(C(C)C)cccc3C(C)C)N(c3ccccc3)c3cccc(C)c32)[n+](C)cc1C([2H])([2H])[2H]. The summed E-state index contributed by atoms with van der Waals surface area (Å²) in [6.45, 7) is 5.30. The van der Waals surface area contributed by atoms with Gasteiger partial charge in [-0.1, -0.05) is 76.2 Å². The molecule has 0 spiro atoms. The molecule has 1 aromatic heterocycles. The van der Waals surface area contributed by atoms with Crippen molar-refractivity contribution in [2.24, 2.45) is 7.05 Å². The van der Waals surface area contributed by atoms with Gasteiger partial charge in [-0.2, -0.15) is 0 Å². The maximum atomic E-state index is 8.33. The van der Waals surface area contributed by atoms with E-state index in [2.05, 4.69) is 86.7 Å². The fraction of sp³-hybridized carbons (Fsp3) is 0.303. The molecule has 4 aromatic rings. The van der Waals surface area contributed by atoms with E-state index in [4.69, 9.17) is 8.22 Å². The molecule has 3 nitrogen and oxygen atoms in total. The number of hydrogen-bond donors (Lipinski definition) is 0. The average Bonchev–Trinajstić information content (AvgIpc) is 3.27. The molecule has 1 aliphatic heterocycles. The minimum absolute atomic E-state index is 0.158. The van der Waals surface area contributed by atoms with Crippen LogP contribution >= 0.6 is 0 Å². The van der Waals surface area contributed by atoms with Crippen LogP contribution in [0, 0.1) is 20.6 Å². The van der Waals surface area contributed by atoms with Crippen LogP contribution in [0.1, 0.15) is 75.6 Å². The molecule has 0 radical (unpaired) electrons. The van der Waals surface area contributed by atoms with E-state index in [9.17, 15) is 0 Å². The lowest BCUT2D eigenvalue weighted by Crippen LogP contribution is -2.58. The van der Waals surface area contributed by atoms with Gasteiger partial charge in [0, 0.05) is 25.4 Å². The Bertz CT molecular complexity index is 1620. The van der Waals surface area contributed by atoms with Crippen LogP contribution in [0.15, 0.2) is 79.0 Å². The molecule has 1 aliphatic rings. The molecule has 0 fully saturated rings. The number of rotatable bonds is 5. The second kappa shape index (κ2) is 9.74. The van der Waals surface area contributed by atoms with Gasteiger partial charge in [-0.05, 0) is 78.5 Å². The maximum Gasteiger partial charge on any atom is 0.543 e. The Balaban J connectivity index is 1.94. The molecule has 0 atom stereocenters. The van der Waals surface area contributed by atoms with Gasteiger partial charge in [0.15, 0.2) is 0 Å². The summed E-state index contributed by atoms with van der Waals surface area (Å²) in [6.07, 6.45) is 1.47. The fourth-order valence-corrected chi connectivity index (χ4v) is 5.67. The summed E-state index contributed by atoms with van der Waals surface area (Å²) in [6, 6.07) is 24.5. The second-order valence-corrected chi connectivity index (χ2v) is 10.6. The smallest absolute Gasteiger partial charge is 0.336 e. The molecule has 4 heteroatoms. The average molecular weight is 495 g/mol. The van der Waals surface area contributed by atoms with E-state index >= 15 is 0 Å². The summed E-state index contributed by atoms with van der Waals surface area (Å²) in [5.74, 6) is 1.05. The van der Waals surface area contributed by atoms with E-state index < -0.39 is 13.7 Å². The largest absolute Gasteiger partial charge is 0.543 e. The standard InChI is InChI=1S/C33H39BN3/c1-22(2)28-17-13-18-29(23(3)4)32(28)34-36(27-15-10-9-11-16-27)30-19-12-14-24(5)33(30)37(34)31-20-25(6)26(7)21-35(31)8/h9-23H,1-8H3/q+1/i6D3,7D3. The van der Waals surface area contributed by atoms with Crippen LogP contribution in [0.25, 0.3) is 0 Å². The van der Waals surface area contributed by atoms with Crippen LogP contribution in [0.2, 0.25) is 0 Å². The number of hydrogen-bond acceptors (Lipinski definition) is 2. The second-order valence-electron chi connectivity index (χ2n) is 10.6. The summed E-state index contributed by atoms with van der Waals surface area (Å²) in [4.78, 5) is 4.55. The summed E-state index contributed by atoms with van der Waals surface area (Å²) >= 11 is 0. The van der Waals surface area contributed by atoms with E-state index in [-0.39, 0.29) is 29.9 Å². The number of pyridine rings is 1. The molecule has 0 unspecified atom stereocenters. The maximum absolute atomic E-state index is 8.33. The molecule has 3 aromatic carbocycles. The Hall–Kier alpha value is -3.53. The van der Waals surface area contributed by atoms with E-state index in [0.29, 0.717) is 5.82 Å². The number of nitrogens with zero attached hydrogens (tertiary/aromatic N) is 3. The lowest BCUT2D eigenvalue weighted by Gasteiger charge is -2.30. The third kappa shape index (κ3) is 4.23. The molecule has 0 saturated carbocycles. The molecule has 37 heavy (non-hydrogen) atoms. The lowest BCUT2D eigenvalue weighted by atomic mass is 9.58. The Kier molecular flexibility index (Phi) is 4.92. The van der Waals surface area contributed by atoms with Crippen LogP contribution in [0.3, 0.4) is 0 Å². The monoisotopic (exact) mass is 494 g/mol. The topological polar surface area (TPSA) is 10.4 Å². The third-order valence-electron chi connectivity index (χ3n) is 7.41. The van der Waals surface area contributed by atoms with Gasteiger partial charge in [0.2, 0.25) is 0 Å². The first-order valence-electron chi connectivity index (χ1n) is 16.0. The van der Waals surface area contributed by atoms with Crippen LogP contribution in [0.4, 0.5) is 22.9 Å². The minimum atomic E-state index is -2.62. The van der Waals surface area contributed by atoms with E-state index in [0.717, 1.165) is 22.6 Å². The van der Waals surface area contributed by atoms with Crippen LogP contribution in [-0.4, -0.2) is 6.98 Å². The highest BCUT2D eigenvalue weighted by molar-refractivity contribution is 6.85. The van der Waals surface area contributed by atoms with Crippen molar-refractivity contribution in [3.63, 3.8) is 0 Å². The quantitative estimate of drug-likeness (QED) is 0.212. The zero-order valence-electron chi connectivity index (χ0n) is 28.6. The third-order valence-corrected chi connectivity index (χ3v) is 7.41. The van der Waals surface area contributed by atoms with Crippen molar-refractivity contribution in [3.8, 4) is 0 Å². The highest BCUT2D eigenvalue weighted by Crippen LogP contribution is 2.48. The van der Waals surface area contributed by atoms with Crippen molar-refractivity contribution < 1.29 is 12.8 Å². The fourth-order valence-electron chi connectivity index (χ4n) is 5.67. The summed E-state index contributed by atoms with van der Waals surface area (Å²) < 4.78 is 51.2. The molecular weight excluding hydrogens is 449 g/mol. The van der Waals surface area contributed by atoms with Crippen LogP contribution in [-0.2, 0) is 7.05 Å².